The Morgan fingerprint density at radius 1 is 0.791 bits per heavy atom. The van der Waals surface area contributed by atoms with Crippen molar-refractivity contribution in [1.29, 1.82) is 0 Å². The maximum Gasteiger partial charge on any atom is 0.220 e. The van der Waals surface area contributed by atoms with Gasteiger partial charge in [-0.1, -0.05) is 102 Å². The maximum absolute atomic E-state index is 12.7. The summed E-state index contributed by atoms with van der Waals surface area (Å²) < 4.78 is 11.0. The van der Waals surface area contributed by atoms with Crippen molar-refractivity contribution in [1.82, 2.24) is 5.32 Å². The number of hydrogen-bond acceptors (Lipinski definition) is 8. The highest BCUT2D eigenvalue weighted by atomic mass is 16.7. The van der Waals surface area contributed by atoms with E-state index >= 15 is 0 Å². The number of carbonyl (C=O) groups excluding carboxylic acids is 1. The van der Waals surface area contributed by atoms with Crippen LogP contribution in [0.1, 0.15) is 117 Å². The molecule has 0 saturated carbocycles. The van der Waals surface area contributed by atoms with Crippen molar-refractivity contribution in [2.24, 2.45) is 0 Å². The van der Waals surface area contributed by atoms with E-state index in [9.17, 15) is 30.3 Å². The van der Waals surface area contributed by atoms with E-state index in [1.165, 1.54) is 32.1 Å². The molecule has 1 aliphatic rings. The fourth-order valence-corrected chi connectivity index (χ4v) is 4.87. The number of aliphatic hydroxyl groups is 5. The van der Waals surface area contributed by atoms with Crippen LogP contribution in [-0.4, -0.2) is 87.5 Å². The van der Waals surface area contributed by atoms with Crippen LogP contribution in [-0.2, 0) is 14.3 Å². The minimum absolute atomic E-state index is 0.198. The van der Waals surface area contributed by atoms with Gasteiger partial charge in [0.05, 0.1) is 25.4 Å². The van der Waals surface area contributed by atoms with E-state index in [4.69, 9.17) is 9.47 Å². The van der Waals surface area contributed by atoms with Gasteiger partial charge < -0.3 is 40.3 Å². The Labute approximate surface area is 260 Å². The molecule has 9 nitrogen and oxygen atoms in total. The first-order chi connectivity index (χ1) is 20.8. The van der Waals surface area contributed by atoms with Gasteiger partial charge >= 0.3 is 0 Å². The largest absolute Gasteiger partial charge is 0.394 e. The van der Waals surface area contributed by atoms with Crippen molar-refractivity contribution in [3.05, 3.63) is 36.5 Å². The first-order valence-electron chi connectivity index (χ1n) is 16.7. The fraction of sp³-hybridized carbons (Fsp3) is 0.794. The molecule has 0 aromatic carbocycles. The quantitative estimate of drug-likeness (QED) is 0.0648. The number of nitrogens with one attached hydrogen (secondary N) is 1. The Hall–Kier alpha value is -1.59. The molecule has 0 aromatic heterocycles. The summed E-state index contributed by atoms with van der Waals surface area (Å²) in [6, 6.07) is -0.805. The van der Waals surface area contributed by atoms with Gasteiger partial charge in [-0.25, -0.2) is 0 Å². The van der Waals surface area contributed by atoms with Crippen molar-refractivity contribution in [3.63, 3.8) is 0 Å². The molecule has 0 spiro atoms. The fourth-order valence-electron chi connectivity index (χ4n) is 4.87. The van der Waals surface area contributed by atoms with Crippen LogP contribution in [0, 0.1) is 0 Å². The van der Waals surface area contributed by atoms with Crippen molar-refractivity contribution in [2.45, 2.75) is 159 Å². The van der Waals surface area contributed by atoms with E-state index in [-0.39, 0.29) is 12.5 Å². The van der Waals surface area contributed by atoms with Crippen molar-refractivity contribution in [2.75, 3.05) is 13.2 Å². The van der Waals surface area contributed by atoms with E-state index in [2.05, 4.69) is 43.5 Å². The smallest absolute Gasteiger partial charge is 0.220 e. The zero-order chi connectivity index (χ0) is 31.7. The zero-order valence-electron chi connectivity index (χ0n) is 26.7. The Kier molecular flexibility index (Phi) is 23.6. The molecule has 0 bridgehead atoms. The second-order valence-corrected chi connectivity index (χ2v) is 11.6. The first kappa shape index (κ1) is 39.4. The summed E-state index contributed by atoms with van der Waals surface area (Å²) >= 11 is 0. The van der Waals surface area contributed by atoms with Crippen LogP contribution in [0.3, 0.4) is 0 Å². The second-order valence-electron chi connectivity index (χ2n) is 11.6. The highest BCUT2D eigenvalue weighted by Gasteiger charge is 2.44. The van der Waals surface area contributed by atoms with Gasteiger partial charge in [-0.15, -0.1) is 0 Å². The van der Waals surface area contributed by atoms with Crippen molar-refractivity contribution < 1.29 is 39.8 Å². The van der Waals surface area contributed by atoms with E-state index in [0.717, 1.165) is 64.2 Å². The molecule has 1 rings (SSSR count). The standard InChI is InChI=1S/C34H61NO8/c1-3-5-7-9-10-11-12-13-14-15-16-17-18-19-20-22-24-30(38)35-27(28(37)23-21-8-6-4-2)26-42-34-33(41)32(40)31(39)29(25-36)43-34/h11-12,14-15,21,23,27-29,31-34,36-37,39-41H,3-10,13,16-20,22,24-26H2,1-2H3,(H,35,38)/b12-11-,15-14-,23-21+. The van der Waals surface area contributed by atoms with Gasteiger partial charge in [0.1, 0.15) is 24.4 Å². The van der Waals surface area contributed by atoms with Crippen LogP contribution < -0.4 is 5.32 Å². The summed E-state index contributed by atoms with van der Waals surface area (Å²) in [5.41, 5.74) is 0. The first-order valence-corrected chi connectivity index (χ1v) is 16.7. The van der Waals surface area contributed by atoms with Crippen LogP contribution >= 0.6 is 0 Å². The summed E-state index contributed by atoms with van der Waals surface area (Å²) in [6.45, 7) is 3.55. The van der Waals surface area contributed by atoms with Gasteiger partial charge in [-0.2, -0.15) is 0 Å². The molecule has 1 heterocycles. The van der Waals surface area contributed by atoms with Crippen molar-refractivity contribution >= 4 is 5.91 Å². The average Bonchev–Trinajstić information content (AvgIpc) is 3.00. The molecule has 1 fully saturated rings. The SMILES string of the molecule is CCCC/C=C/C(O)C(COC1OC(CO)C(O)C(O)C1O)NC(=O)CCCCCCC/C=C\C/C=C\CCCCCC. The van der Waals surface area contributed by atoms with Gasteiger partial charge in [-0.05, 0) is 44.9 Å². The van der Waals surface area contributed by atoms with Crippen molar-refractivity contribution in [3.8, 4) is 0 Å². The highest BCUT2D eigenvalue weighted by Crippen LogP contribution is 2.22. The lowest BCUT2D eigenvalue weighted by molar-refractivity contribution is -0.302. The minimum Gasteiger partial charge on any atom is -0.394 e. The molecule has 43 heavy (non-hydrogen) atoms. The van der Waals surface area contributed by atoms with Crippen LogP contribution in [0.2, 0.25) is 0 Å². The molecule has 250 valence electrons. The number of hydrogen-bond donors (Lipinski definition) is 6. The Morgan fingerprint density at radius 3 is 2.05 bits per heavy atom. The molecule has 0 aliphatic carbocycles. The molecular formula is C34H61NO8. The predicted octanol–water partition coefficient (Wildman–Crippen LogP) is 4.60. The van der Waals surface area contributed by atoms with Gasteiger partial charge in [0, 0.05) is 6.42 Å². The third kappa shape index (κ3) is 18.1. The topological polar surface area (TPSA) is 149 Å². The minimum atomic E-state index is -1.56. The molecule has 7 atom stereocenters. The van der Waals surface area contributed by atoms with Gasteiger partial charge in [0.2, 0.25) is 5.91 Å². The lowest BCUT2D eigenvalue weighted by atomic mass is 9.99. The monoisotopic (exact) mass is 611 g/mol. The molecule has 1 saturated heterocycles. The molecule has 1 amide bonds. The normalized spacial score (nSPS) is 24.3. The third-order valence-electron chi connectivity index (χ3n) is 7.71. The van der Waals surface area contributed by atoms with E-state index in [1.54, 1.807) is 6.08 Å². The van der Waals surface area contributed by atoms with Gasteiger partial charge in [0.15, 0.2) is 6.29 Å². The van der Waals surface area contributed by atoms with E-state index in [1.807, 2.05) is 6.08 Å². The van der Waals surface area contributed by atoms with Crippen LogP contribution in [0.25, 0.3) is 0 Å². The van der Waals surface area contributed by atoms with Gasteiger partial charge in [0.25, 0.3) is 0 Å². The summed E-state index contributed by atoms with van der Waals surface area (Å²) in [4.78, 5) is 12.7. The lowest BCUT2D eigenvalue weighted by Crippen LogP contribution is -2.60. The second kappa shape index (κ2) is 25.7. The van der Waals surface area contributed by atoms with Gasteiger partial charge in [-0.3, -0.25) is 4.79 Å². The Bertz CT molecular complexity index is 771. The number of aliphatic hydroxyl groups excluding tert-OH is 5. The number of ether oxygens (including phenoxy) is 2. The molecule has 0 aromatic rings. The average molecular weight is 612 g/mol. The van der Waals surface area contributed by atoms with E-state index in [0.29, 0.717) is 6.42 Å². The van der Waals surface area contributed by atoms with E-state index < -0.39 is 49.5 Å². The molecule has 6 N–H and O–H groups in total. The van der Waals surface area contributed by atoms with Crippen LogP contribution in [0.4, 0.5) is 0 Å². The summed E-state index contributed by atoms with van der Waals surface area (Å²) in [7, 11) is 0. The summed E-state index contributed by atoms with van der Waals surface area (Å²) in [6.07, 6.45) is 21.1. The van der Waals surface area contributed by atoms with Crippen LogP contribution in [0.5, 0.6) is 0 Å². The zero-order valence-corrected chi connectivity index (χ0v) is 26.7. The number of rotatable bonds is 25. The Balaban J connectivity index is 2.37. The molecule has 0 radical (unpaired) electrons. The Morgan fingerprint density at radius 2 is 1.40 bits per heavy atom. The molecule has 9 heteroatoms. The lowest BCUT2D eigenvalue weighted by Gasteiger charge is -2.40. The predicted molar refractivity (Wildman–Crippen MR) is 170 cm³/mol. The third-order valence-corrected chi connectivity index (χ3v) is 7.71. The van der Waals surface area contributed by atoms with Crippen LogP contribution in [0.15, 0.2) is 36.5 Å². The number of allylic oxidation sites excluding steroid dienone is 5. The number of unbranched alkanes of at least 4 members (excludes halogenated alkanes) is 11. The molecule has 1 aliphatic heterocycles. The highest BCUT2D eigenvalue weighted by molar-refractivity contribution is 5.76. The summed E-state index contributed by atoms with van der Waals surface area (Å²) in [5.74, 6) is -0.204. The molecular weight excluding hydrogens is 550 g/mol. The summed E-state index contributed by atoms with van der Waals surface area (Å²) in [5, 5.41) is 53.2. The number of carbonyl (C=O) groups is 1. The number of amides is 1. The molecule has 7 unspecified atom stereocenters. The maximum atomic E-state index is 12.7.